The molecule has 0 unspecified atom stereocenters. The molecule has 1 radical (unpaired) electrons. The second kappa shape index (κ2) is 5.24. The molecule has 0 spiro atoms. The number of hydrogen-bond acceptors (Lipinski definition) is 3. The number of benzene rings is 1. The molecule has 0 bridgehead atoms. The summed E-state index contributed by atoms with van der Waals surface area (Å²) in [6, 6.07) is 7.10. The van der Waals surface area contributed by atoms with Crippen LogP contribution in [0.2, 0.25) is 0 Å². The van der Waals surface area contributed by atoms with Gasteiger partial charge in [-0.15, -0.1) is 0 Å². The summed E-state index contributed by atoms with van der Waals surface area (Å²) in [4.78, 5) is 10.5. The fourth-order valence-electron chi connectivity index (χ4n) is 1.07. The van der Waals surface area contributed by atoms with E-state index in [4.69, 9.17) is 16.2 Å². The van der Waals surface area contributed by atoms with E-state index in [2.05, 4.69) is 0 Å². The van der Waals surface area contributed by atoms with Gasteiger partial charge in [-0.3, -0.25) is 10.5 Å². The molecule has 75 valence electrons. The van der Waals surface area contributed by atoms with E-state index in [0.717, 1.165) is 11.3 Å². The lowest BCUT2D eigenvalue weighted by molar-refractivity contribution is -0.118. The molecular formula is C10H13N2O2. The summed E-state index contributed by atoms with van der Waals surface area (Å²) in [5.74, 6) is 0.150. The van der Waals surface area contributed by atoms with Crippen LogP contribution in [-0.4, -0.2) is 19.1 Å². The van der Waals surface area contributed by atoms with Crippen molar-refractivity contribution in [1.29, 1.82) is 0 Å². The van der Waals surface area contributed by atoms with Gasteiger partial charge in [0.15, 0.2) is 0 Å². The highest BCUT2D eigenvalue weighted by atomic mass is 16.5. The Morgan fingerprint density at radius 2 is 2.00 bits per heavy atom. The standard InChI is InChI=1S/C10H13N2O2/c11-5-6-14-9-3-1-8(2-4-9)7-10(12)13/h1-4,12H,5-7,11H2. The van der Waals surface area contributed by atoms with Crippen LogP contribution in [0, 0.1) is 0 Å². The molecule has 0 fully saturated rings. The highest BCUT2D eigenvalue weighted by Gasteiger charge is 1.99. The number of carbonyl (C=O) groups is 1. The molecule has 0 heterocycles. The van der Waals surface area contributed by atoms with Crippen LogP contribution in [0.15, 0.2) is 24.3 Å². The molecule has 1 aromatic rings. The lowest BCUT2D eigenvalue weighted by Crippen LogP contribution is -2.10. The predicted octanol–water partition coefficient (Wildman–Crippen LogP) is 0.376. The average Bonchev–Trinajstić information content (AvgIpc) is 2.16. The number of carbonyl (C=O) groups excluding carboxylic acids is 1. The fraction of sp³-hybridized carbons (Fsp3) is 0.300. The van der Waals surface area contributed by atoms with Crippen molar-refractivity contribution < 1.29 is 9.53 Å². The maximum Gasteiger partial charge on any atom is 0.242 e. The van der Waals surface area contributed by atoms with Gasteiger partial charge in [0.1, 0.15) is 12.4 Å². The lowest BCUT2D eigenvalue weighted by atomic mass is 10.1. The number of ether oxygens (including phenoxy) is 1. The van der Waals surface area contributed by atoms with E-state index in [0.29, 0.717) is 13.2 Å². The summed E-state index contributed by atoms with van der Waals surface area (Å²) in [5.41, 5.74) is 12.9. The van der Waals surface area contributed by atoms with Gasteiger partial charge in [-0.25, -0.2) is 0 Å². The highest BCUT2D eigenvalue weighted by Crippen LogP contribution is 2.12. The van der Waals surface area contributed by atoms with E-state index in [1.165, 1.54) is 0 Å². The molecule has 0 aliphatic heterocycles. The van der Waals surface area contributed by atoms with Gasteiger partial charge in [0, 0.05) is 6.54 Å². The first-order valence-electron chi connectivity index (χ1n) is 4.38. The van der Waals surface area contributed by atoms with Gasteiger partial charge in [0.05, 0.1) is 6.42 Å². The summed E-state index contributed by atoms with van der Waals surface area (Å²) >= 11 is 0. The largest absolute Gasteiger partial charge is 0.492 e. The van der Waals surface area contributed by atoms with Crippen molar-refractivity contribution in [3.8, 4) is 5.75 Å². The van der Waals surface area contributed by atoms with Gasteiger partial charge < -0.3 is 10.5 Å². The molecule has 4 heteroatoms. The summed E-state index contributed by atoms with van der Waals surface area (Å²) in [6.07, 6.45) is 0.150. The van der Waals surface area contributed by atoms with E-state index >= 15 is 0 Å². The van der Waals surface area contributed by atoms with Gasteiger partial charge >= 0.3 is 0 Å². The third-order valence-electron chi connectivity index (χ3n) is 1.67. The van der Waals surface area contributed by atoms with Gasteiger partial charge in [-0.2, -0.15) is 0 Å². The topological polar surface area (TPSA) is 76.1 Å². The molecule has 0 saturated carbocycles. The average molecular weight is 193 g/mol. The zero-order valence-electron chi connectivity index (χ0n) is 7.82. The first-order valence-corrected chi connectivity index (χ1v) is 4.38. The van der Waals surface area contributed by atoms with Crippen molar-refractivity contribution in [2.24, 2.45) is 5.73 Å². The molecule has 1 aromatic carbocycles. The lowest BCUT2D eigenvalue weighted by Gasteiger charge is -2.04. The van der Waals surface area contributed by atoms with Crippen molar-refractivity contribution >= 4 is 5.91 Å². The molecule has 0 aliphatic rings. The van der Waals surface area contributed by atoms with Crippen LogP contribution in [0.25, 0.3) is 0 Å². The third kappa shape index (κ3) is 3.45. The monoisotopic (exact) mass is 193 g/mol. The van der Waals surface area contributed by atoms with Crippen LogP contribution in [0.5, 0.6) is 5.75 Å². The summed E-state index contributed by atoms with van der Waals surface area (Å²) in [6.45, 7) is 0.962. The summed E-state index contributed by atoms with van der Waals surface area (Å²) in [5, 5.41) is 0. The SMILES string of the molecule is [NH]C(=O)Cc1ccc(OCCN)cc1. The van der Waals surface area contributed by atoms with Crippen LogP contribution in [0.1, 0.15) is 5.56 Å². The quantitative estimate of drug-likeness (QED) is 0.734. The smallest absolute Gasteiger partial charge is 0.242 e. The molecule has 0 aromatic heterocycles. The van der Waals surface area contributed by atoms with Crippen LogP contribution in [-0.2, 0) is 11.2 Å². The van der Waals surface area contributed by atoms with Crippen LogP contribution < -0.4 is 16.2 Å². The molecular weight excluding hydrogens is 180 g/mol. The highest BCUT2D eigenvalue weighted by molar-refractivity contribution is 5.75. The third-order valence-corrected chi connectivity index (χ3v) is 1.67. The van der Waals surface area contributed by atoms with E-state index < -0.39 is 5.91 Å². The zero-order chi connectivity index (χ0) is 10.4. The number of nitrogens with two attached hydrogens (primary N) is 1. The minimum Gasteiger partial charge on any atom is -0.492 e. The molecule has 1 rings (SSSR count). The Balaban J connectivity index is 2.54. The number of rotatable bonds is 5. The van der Waals surface area contributed by atoms with Gasteiger partial charge in [0.2, 0.25) is 5.91 Å². The van der Waals surface area contributed by atoms with Crippen LogP contribution in [0.3, 0.4) is 0 Å². The summed E-state index contributed by atoms with van der Waals surface area (Å²) in [7, 11) is 0. The van der Waals surface area contributed by atoms with E-state index in [9.17, 15) is 4.79 Å². The Bertz CT molecular complexity index is 295. The molecule has 14 heavy (non-hydrogen) atoms. The Kier molecular flexibility index (Phi) is 3.94. The van der Waals surface area contributed by atoms with Crippen molar-refractivity contribution in [2.75, 3.05) is 13.2 Å². The summed E-state index contributed by atoms with van der Waals surface area (Å²) < 4.78 is 5.26. The molecule has 0 aliphatic carbocycles. The fourth-order valence-corrected chi connectivity index (χ4v) is 1.07. The molecule has 1 amide bonds. The predicted molar refractivity (Wildman–Crippen MR) is 52.8 cm³/mol. The molecule has 0 saturated heterocycles. The van der Waals surface area contributed by atoms with Gasteiger partial charge in [-0.05, 0) is 17.7 Å². The second-order valence-electron chi connectivity index (χ2n) is 2.88. The zero-order valence-corrected chi connectivity index (χ0v) is 7.82. The van der Waals surface area contributed by atoms with Gasteiger partial charge in [0.25, 0.3) is 0 Å². The maximum atomic E-state index is 10.5. The Morgan fingerprint density at radius 3 is 2.50 bits per heavy atom. The van der Waals surface area contributed by atoms with E-state index in [1.54, 1.807) is 24.3 Å². The normalized spacial score (nSPS) is 9.79. The first-order chi connectivity index (χ1) is 6.72. The second-order valence-corrected chi connectivity index (χ2v) is 2.88. The Hall–Kier alpha value is -1.55. The Labute approximate surface area is 82.8 Å². The van der Waals surface area contributed by atoms with Gasteiger partial charge in [-0.1, -0.05) is 12.1 Å². The van der Waals surface area contributed by atoms with Crippen molar-refractivity contribution in [2.45, 2.75) is 6.42 Å². The van der Waals surface area contributed by atoms with Crippen molar-refractivity contribution in [3.63, 3.8) is 0 Å². The Morgan fingerprint density at radius 1 is 1.36 bits per heavy atom. The minimum absolute atomic E-state index is 0.150. The molecule has 4 nitrogen and oxygen atoms in total. The maximum absolute atomic E-state index is 10.5. The van der Waals surface area contributed by atoms with E-state index in [-0.39, 0.29) is 6.42 Å². The van der Waals surface area contributed by atoms with Crippen molar-refractivity contribution in [1.82, 2.24) is 5.73 Å². The van der Waals surface area contributed by atoms with Crippen molar-refractivity contribution in [3.05, 3.63) is 29.8 Å². The van der Waals surface area contributed by atoms with Crippen LogP contribution in [0.4, 0.5) is 0 Å². The molecule has 0 atom stereocenters. The number of nitrogens with one attached hydrogen (secondary N) is 1. The molecule has 3 N–H and O–H groups in total. The number of amides is 1. The van der Waals surface area contributed by atoms with E-state index in [1.807, 2.05) is 0 Å². The first kappa shape index (κ1) is 10.5. The van der Waals surface area contributed by atoms with Crippen LogP contribution >= 0.6 is 0 Å². The number of hydrogen-bond donors (Lipinski definition) is 1. The minimum atomic E-state index is -0.583.